The second-order valence-corrected chi connectivity index (χ2v) is 8.62. The molecule has 2 fully saturated rings. The molecule has 0 spiro atoms. The zero-order valence-corrected chi connectivity index (χ0v) is 16.7. The largest absolute Gasteiger partial charge is 0.378 e. The molecule has 2 aliphatic heterocycles. The van der Waals surface area contributed by atoms with E-state index in [0.717, 1.165) is 10.6 Å². The number of hydrogen-bond acceptors (Lipinski definition) is 6. The fourth-order valence-electron chi connectivity index (χ4n) is 3.15. The molecule has 0 bridgehead atoms. The molecule has 28 heavy (non-hydrogen) atoms. The van der Waals surface area contributed by atoms with Gasteiger partial charge in [0.05, 0.1) is 38.4 Å². The van der Waals surface area contributed by atoms with Crippen LogP contribution in [-0.4, -0.2) is 95.4 Å². The van der Waals surface area contributed by atoms with Crippen molar-refractivity contribution in [2.75, 3.05) is 69.7 Å². The summed E-state index contributed by atoms with van der Waals surface area (Å²) in [6.07, 6.45) is 1.06. The highest BCUT2D eigenvalue weighted by Crippen LogP contribution is 2.20. The maximum absolute atomic E-state index is 12.5. The third-order valence-corrected chi connectivity index (χ3v) is 5.88. The molecule has 10 heteroatoms. The van der Waals surface area contributed by atoms with E-state index in [1.807, 2.05) is 0 Å². The first-order chi connectivity index (χ1) is 13.4. The average molecular weight is 411 g/mol. The summed E-state index contributed by atoms with van der Waals surface area (Å²) in [6, 6.07) is 6.29. The van der Waals surface area contributed by atoms with Crippen molar-refractivity contribution in [3.63, 3.8) is 0 Å². The Labute approximate surface area is 164 Å². The smallest absolute Gasteiger partial charge is 0.254 e. The van der Waals surface area contributed by atoms with E-state index in [1.165, 1.54) is 0 Å². The Bertz CT molecular complexity index is 799. The minimum absolute atomic E-state index is 0.120. The fraction of sp³-hybridized carbons (Fsp3) is 0.556. The molecule has 2 saturated heterocycles. The lowest BCUT2D eigenvalue weighted by molar-refractivity contribution is -0.133. The van der Waals surface area contributed by atoms with E-state index in [1.54, 1.807) is 34.1 Å². The van der Waals surface area contributed by atoms with Gasteiger partial charge >= 0.3 is 0 Å². The monoisotopic (exact) mass is 411 g/mol. The second-order valence-electron chi connectivity index (χ2n) is 6.71. The Balaban J connectivity index is 1.73. The van der Waals surface area contributed by atoms with Crippen molar-refractivity contribution in [3.05, 3.63) is 29.8 Å². The minimum Gasteiger partial charge on any atom is -0.378 e. The SMILES string of the molecule is CS(=O)(=O)N(CC(=O)N1CCOCC1)c1ccc(C(=O)N2CCOCC2)cc1. The number of carbonyl (C=O) groups is 2. The Kier molecular flexibility index (Phi) is 6.53. The zero-order valence-electron chi connectivity index (χ0n) is 15.9. The van der Waals surface area contributed by atoms with Gasteiger partial charge in [-0.3, -0.25) is 13.9 Å². The van der Waals surface area contributed by atoms with Crippen molar-refractivity contribution >= 4 is 27.5 Å². The van der Waals surface area contributed by atoms with E-state index in [4.69, 9.17) is 9.47 Å². The predicted octanol–water partition coefficient (Wildman–Crippen LogP) is -0.216. The minimum atomic E-state index is -3.66. The number of benzene rings is 1. The first-order valence-corrected chi connectivity index (χ1v) is 11.0. The molecule has 2 heterocycles. The Morgan fingerprint density at radius 3 is 1.93 bits per heavy atom. The molecule has 0 aliphatic carbocycles. The number of rotatable bonds is 5. The van der Waals surface area contributed by atoms with Crippen molar-refractivity contribution in [1.29, 1.82) is 0 Å². The quantitative estimate of drug-likeness (QED) is 0.665. The maximum Gasteiger partial charge on any atom is 0.254 e. The first kappa shape index (κ1) is 20.6. The molecular formula is C18H25N3O6S. The summed E-state index contributed by atoms with van der Waals surface area (Å²) in [5.41, 5.74) is 0.821. The lowest BCUT2D eigenvalue weighted by Crippen LogP contribution is -2.47. The molecule has 2 amide bonds. The Morgan fingerprint density at radius 1 is 0.929 bits per heavy atom. The van der Waals surface area contributed by atoms with Crippen molar-refractivity contribution in [2.45, 2.75) is 0 Å². The van der Waals surface area contributed by atoms with E-state index in [0.29, 0.717) is 63.9 Å². The fourth-order valence-corrected chi connectivity index (χ4v) is 4.00. The third-order valence-electron chi connectivity index (χ3n) is 4.74. The van der Waals surface area contributed by atoms with Crippen LogP contribution in [-0.2, 0) is 24.3 Å². The number of nitrogens with zero attached hydrogens (tertiary/aromatic N) is 3. The van der Waals surface area contributed by atoms with Crippen LogP contribution in [0, 0.1) is 0 Å². The highest BCUT2D eigenvalue weighted by Gasteiger charge is 2.26. The van der Waals surface area contributed by atoms with Crippen molar-refractivity contribution in [3.8, 4) is 0 Å². The molecule has 1 aromatic rings. The average Bonchev–Trinajstić information content (AvgIpc) is 2.72. The molecule has 3 rings (SSSR count). The molecule has 9 nitrogen and oxygen atoms in total. The van der Waals surface area contributed by atoms with Crippen LogP contribution >= 0.6 is 0 Å². The molecule has 2 aliphatic rings. The van der Waals surface area contributed by atoms with Crippen LogP contribution in [0.3, 0.4) is 0 Å². The maximum atomic E-state index is 12.5. The number of anilines is 1. The molecule has 0 saturated carbocycles. The standard InChI is InChI=1S/C18H25N3O6S/c1-28(24,25)21(14-17(22)19-6-10-26-11-7-19)16-4-2-15(3-5-16)18(23)20-8-12-27-13-9-20/h2-5H,6-14H2,1H3. The van der Waals surface area contributed by atoms with E-state index in [-0.39, 0.29) is 18.4 Å². The summed E-state index contributed by atoms with van der Waals surface area (Å²) in [4.78, 5) is 28.3. The van der Waals surface area contributed by atoms with Gasteiger partial charge < -0.3 is 19.3 Å². The van der Waals surface area contributed by atoms with Gasteiger partial charge in [0, 0.05) is 31.7 Å². The number of hydrogen-bond donors (Lipinski definition) is 0. The summed E-state index contributed by atoms with van der Waals surface area (Å²) in [7, 11) is -3.66. The Hall–Kier alpha value is -2.17. The van der Waals surface area contributed by atoms with Crippen LogP contribution < -0.4 is 4.31 Å². The lowest BCUT2D eigenvalue weighted by Gasteiger charge is -2.30. The summed E-state index contributed by atoms with van der Waals surface area (Å²) in [5.74, 6) is -0.396. The van der Waals surface area contributed by atoms with Crippen LogP contribution in [0.1, 0.15) is 10.4 Å². The van der Waals surface area contributed by atoms with Crippen molar-refractivity contribution in [2.24, 2.45) is 0 Å². The molecule has 154 valence electrons. The number of carbonyl (C=O) groups excluding carboxylic acids is 2. The second kappa shape index (κ2) is 8.89. The van der Waals surface area contributed by atoms with Gasteiger partial charge in [0.1, 0.15) is 6.54 Å². The number of ether oxygens (including phenoxy) is 2. The van der Waals surface area contributed by atoms with E-state index in [9.17, 15) is 18.0 Å². The molecule has 0 radical (unpaired) electrons. The molecule has 0 unspecified atom stereocenters. The number of morpholine rings is 2. The summed E-state index contributed by atoms with van der Waals surface area (Å²) < 4.78 is 36.1. The van der Waals surface area contributed by atoms with Gasteiger partial charge in [-0.05, 0) is 24.3 Å². The third kappa shape index (κ3) is 5.00. The van der Waals surface area contributed by atoms with Gasteiger partial charge in [-0.1, -0.05) is 0 Å². The summed E-state index contributed by atoms with van der Waals surface area (Å²) >= 11 is 0. The van der Waals surface area contributed by atoms with Gasteiger partial charge in [0.15, 0.2) is 0 Å². The van der Waals surface area contributed by atoms with Gasteiger partial charge in [0.25, 0.3) is 5.91 Å². The van der Waals surface area contributed by atoms with Gasteiger partial charge in [-0.15, -0.1) is 0 Å². The van der Waals surface area contributed by atoms with E-state index in [2.05, 4.69) is 0 Å². The van der Waals surface area contributed by atoms with Crippen LogP contribution in [0.2, 0.25) is 0 Å². The van der Waals surface area contributed by atoms with Crippen LogP contribution in [0.4, 0.5) is 5.69 Å². The number of sulfonamides is 1. The molecule has 0 atom stereocenters. The lowest BCUT2D eigenvalue weighted by atomic mass is 10.1. The van der Waals surface area contributed by atoms with E-state index < -0.39 is 10.0 Å². The molecular weight excluding hydrogens is 386 g/mol. The predicted molar refractivity (Wildman–Crippen MR) is 103 cm³/mol. The highest BCUT2D eigenvalue weighted by molar-refractivity contribution is 7.92. The first-order valence-electron chi connectivity index (χ1n) is 9.16. The summed E-state index contributed by atoms with van der Waals surface area (Å²) in [5, 5.41) is 0. The van der Waals surface area contributed by atoms with Gasteiger partial charge in [-0.2, -0.15) is 0 Å². The van der Waals surface area contributed by atoms with Crippen molar-refractivity contribution < 1.29 is 27.5 Å². The molecule has 0 N–H and O–H groups in total. The van der Waals surface area contributed by atoms with Gasteiger partial charge in [-0.25, -0.2) is 8.42 Å². The Morgan fingerprint density at radius 2 is 1.43 bits per heavy atom. The highest BCUT2D eigenvalue weighted by atomic mass is 32.2. The zero-order chi connectivity index (χ0) is 20.1. The summed E-state index contributed by atoms with van der Waals surface area (Å²) in [6.45, 7) is 3.59. The molecule has 0 aromatic heterocycles. The number of amides is 2. The van der Waals surface area contributed by atoms with Gasteiger partial charge in [0.2, 0.25) is 15.9 Å². The van der Waals surface area contributed by atoms with Crippen LogP contribution in [0.15, 0.2) is 24.3 Å². The molecule has 1 aromatic carbocycles. The van der Waals surface area contributed by atoms with Crippen molar-refractivity contribution in [1.82, 2.24) is 9.80 Å². The van der Waals surface area contributed by atoms with Crippen LogP contribution in [0.5, 0.6) is 0 Å². The van der Waals surface area contributed by atoms with Crippen LogP contribution in [0.25, 0.3) is 0 Å². The normalized spacial score (nSPS) is 18.0. The topological polar surface area (TPSA) is 96.5 Å². The van der Waals surface area contributed by atoms with E-state index >= 15 is 0 Å².